The molecule has 0 fully saturated rings. The molecule has 3 N–H and O–H groups in total. The molecule has 2 heterocycles. The normalized spacial score (nSPS) is 14.1. The van der Waals surface area contributed by atoms with Crippen LogP contribution in [0.25, 0.3) is 0 Å². The van der Waals surface area contributed by atoms with E-state index in [4.69, 9.17) is 5.73 Å². The number of anilines is 1. The number of rotatable bonds is 1. The largest absolute Gasteiger partial charge is 0.382 e. The molecule has 0 bridgehead atoms. The number of aromatic nitrogens is 2. The first-order valence-electron chi connectivity index (χ1n) is 6.23. The average Bonchev–Trinajstić information content (AvgIpc) is 2.85. The van der Waals surface area contributed by atoms with Gasteiger partial charge in [-0.25, -0.2) is 13.2 Å². The van der Waals surface area contributed by atoms with Crippen LogP contribution >= 0.6 is 0 Å². The van der Waals surface area contributed by atoms with E-state index in [1.807, 2.05) is 0 Å². The van der Waals surface area contributed by atoms with Gasteiger partial charge in [-0.05, 0) is 18.6 Å². The molecule has 0 saturated heterocycles. The smallest absolute Gasteiger partial charge is 0.257 e. The molecule has 3 rings (SSSR count). The number of benzene rings is 1. The van der Waals surface area contributed by atoms with Gasteiger partial charge in [0.05, 0.1) is 17.8 Å². The Balaban J connectivity index is 1.89. The van der Waals surface area contributed by atoms with Gasteiger partial charge < -0.3 is 10.6 Å². The number of hydrogen-bond donors (Lipinski definition) is 2. The van der Waals surface area contributed by atoms with Crippen molar-refractivity contribution in [1.29, 1.82) is 0 Å². The molecule has 21 heavy (non-hydrogen) atoms. The Kier molecular flexibility index (Phi) is 3.08. The Bertz CT molecular complexity index is 728. The van der Waals surface area contributed by atoms with Crippen molar-refractivity contribution >= 4 is 11.7 Å². The first-order valence-corrected chi connectivity index (χ1v) is 6.23. The highest BCUT2D eigenvalue weighted by Gasteiger charge is 2.28. The Hall–Kier alpha value is -2.51. The second-order valence-corrected chi connectivity index (χ2v) is 4.77. The van der Waals surface area contributed by atoms with Crippen molar-refractivity contribution in [3.05, 3.63) is 46.4 Å². The number of carbonyl (C=O) groups is 1. The number of aromatic amines is 1. The third-order valence-electron chi connectivity index (χ3n) is 3.52. The number of fused-ring (bicyclic) bond motifs is 1. The second kappa shape index (κ2) is 4.80. The molecule has 1 aromatic carbocycles. The predicted molar refractivity (Wildman–Crippen MR) is 67.8 cm³/mol. The minimum absolute atomic E-state index is 0.163. The molecule has 0 atom stereocenters. The fraction of sp³-hybridized carbons (Fsp3) is 0.231. The van der Waals surface area contributed by atoms with Crippen LogP contribution in [0, 0.1) is 17.5 Å². The van der Waals surface area contributed by atoms with Crippen LogP contribution in [0.5, 0.6) is 0 Å². The van der Waals surface area contributed by atoms with Gasteiger partial charge in [-0.3, -0.25) is 9.89 Å². The quantitative estimate of drug-likeness (QED) is 0.785. The summed E-state index contributed by atoms with van der Waals surface area (Å²) in [6.07, 6.45) is 0.467. The lowest BCUT2D eigenvalue weighted by molar-refractivity contribution is 0.0726. The van der Waals surface area contributed by atoms with Crippen molar-refractivity contribution in [2.24, 2.45) is 0 Å². The molecule has 1 aromatic heterocycles. The fourth-order valence-corrected chi connectivity index (χ4v) is 2.38. The lowest BCUT2D eigenvalue weighted by Crippen LogP contribution is -2.36. The Morgan fingerprint density at radius 1 is 1.29 bits per heavy atom. The molecule has 0 radical (unpaired) electrons. The van der Waals surface area contributed by atoms with E-state index in [-0.39, 0.29) is 6.54 Å². The summed E-state index contributed by atoms with van der Waals surface area (Å²) in [5, 5.41) is 6.54. The summed E-state index contributed by atoms with van der Waals surface area (Å²) in [6.45, 7) is 0.463. The molecule has 1 aliphatic rings. The zero-order valence-corrected chi connectivity index (χ0v) is 10.8. The maximum atomic E-state index is 13.7. The van der Waals surface area contributed by atoms with Crippen LogP contribution in [0.2, 0.25) is 0 Å². The summed E-state index contributed by atoms with van der Waals surface area (Å²) >= 11 is 0. The Labute approximate surface area is 117 Å². The minimum Gasteiger partial charge on any atom is -0.382 e. The molecule has 8 heteroatoms. The van der Waals surface area contributed by atoms with Crippen LogP contribution in [-0.2, 0) is 13.0 Å². The highest BCUT2D eigenvalue weighted by molar-refractivity contribution is 5.94. The van der Waals surface area contributed by atoms with E-state index in [1.165, 1.54) is 4.90 Å². The number of nitrogen functional groups attached to an aromatic ring is 1. The first kappa shape index (κ1) is 13.5. The predicted octanol–water partition coefficient (Wildman–Crippen LogP) is 1.61. The van der Waals surface area contributed by atoms with E-state index in [0.29, 0.717) is 24.5 Å². The van der Waals surface area contributed by atoms with Gasteiger partial charge >= 0.3 is 0 Å². The molecule has 110 valence electrons. The molecular weight excluding hydrogens is 285 g/mol. The number of hydrogen-bond acceptors (Lipinski definition) is 3. The van der Waals surface area contributed by atoms with E-state index >= 15 is 0 Å². The molecule has 0 spiro atoms. The van der Waals surface area contributed by atoms with Gasteiger partial charge in [-0.15, -0.1) is 0 Å². The number of nitrogens with two attached hydrogens (primary N) is 1. The van der Waals surface area contributed by atoms with Crippen LogP contribution in [-0.4, -0.2) is 27.5 Å². The number of amides is 1. The van der Waals surface area contributed by atoms with E-state index < -0.39 is 28.9 Å². The lowest BCUT2D eigenvalue weighted by atomic mass is 10.1. The third kappa shape index (κ3) is 2.12. The maximum absolute atomic E-state index is 13.7. The third-order valence-corrected chi connectivity index (χ3v) is 3.52. The van der Waals surface area contributed by atoms with Crippen LogP contribution < -0.4 is 5.73 Å². The summed E-state index contributed by atoms with van der Waals surface area (Å²) < 4.78 is 39.8. The van der Waals surface area contributed by atoms with Crippen LogP contribution in [0.4, 0.5) is 19.0 Å². The van der Waals surface area contributed by atoms with E-state index in [9.17, 15) is 18.0 Å². The second-order valence-electron chi connectivity index (χ2n) is 4.77. The highest BCUT2D eigenvalue weighted by atomic mass is 19.2. The van der Waals surface area contributed by atoms with Crippen molar-refractivity contribution < 1.29 is 18.0 Å². The Morgan fingerprint density at radius 3 is 2.81 bits per heavy atom. The first-order chi connectivity index (χ1) is 9.99. The lowest BCUT2D eigenvalue weighted by Gasteiger charge is -2.26. The number of carbonyl (C=O) groups excluding carboxylic acids is 1. The zero-order valence-electron chi connectivity index (χ0n) is 10.8. The van der Waals surface area contributed by atoms with Crippen LogP contribution in [0.15, 0.2) is 12.1 Å². The SMILES string of the molecule is Nc1n[nH]c2c1CCN(C(=O)c1ccc(F)c(F)c1F)C2. The van der Waals surface area contributed by atoms with Gasteiger partial charge in [0.15, 0.2) is 17.5 Å². The van der Waals surface area contributed by atoms with Gasteiger partial charge in [-0.1, -0.05) is 0 Å². The molecule has 0 unspecified atom stereocenters. The van der Waals surface area contributed by atoms with Gasteiger partial charge in [0.25, 0.3) is 5.91 Å². The number of nitrogens with one attached hydrogen (secondary N) is 1. The summed E-state index contributed by atoms with van der Waals surface area (Å²) in [7, 11) is 0. The van der Waals surface area contributed by atoms with Gasteiger partial charge in [0, 0.05) is 12.1 Å². The number of halogens is 3. The van der Waals surface area contributed by atoms with Crippen LogP contribution in [0.3, 0.4) is 0 Å². The van der Waals surface area contributed by atoms with Crippen molar-refractivity contribution in [2.45, 2.75) is 13.0 Å². The molecule has 0 aliphatic carbocycles. The molecule has 0 saturated carbocycles. The van der Waals surface area contributed by atoms with Crippen molar-refractivity contribution in [1.82, 2.24) is 15.1 Å². The molecule has 2 aromatic rings. The summed E-state index contributed by atoms with van der Waals surface area (Å²) in [5.41, 5.74) is 6.65. The molecule has 1 aliphatic heterocycles. The standard InChI is InChI=1S/C13H11F3N4O/c14-8-2-1-7(10(15)11(8)16)13(21)20-4-3-6-9(5-20)18-19-12(6)17/h1-2H,3-5H2,(H3,17,18,19). The maximum Gasteiger partial charge on any atom is 0.257 e. The average molecular weight is 296 g/mol. The number of H-pyrrole nitrogens is 1. The zero-order chi connectivity index (χ0) is 15.1. The van der Waals surface area contributed by atoms with E-state index in [0.717, 1.165) is 17.7 Å². The summed E-state index contributed by atoms with van der Waals surface area (Å²) in [6, 6.07) is 1.67. The molecular formula is C13H11F3N4O. The monoisotopic (exact) mass is 296 g/mol. The van der Waals surface area contributed by atoms with Crippen molar-refractivity contribution in [3.63, 3.8) is 0 Å². The minimum atomic E-state index is -1.65. The molecule has 5 nitrogen and oxygen atoms in total. The highest BCUT2D eigenvalue weighted by Crippen LogP contribution is 2.24. The molecule has 1 amide bonds. The van der Waals surface area contributed by atoms with Gasteiger partial charge in [0.2, 0.25) is 0 Å². The topological polar surface area (TPSA) is 75.0 Å². The number of nitrogens with zero attached hydrogens (tertiary/aromatic N) is 2. The Morgan fingerprint density at radius 2 is 2.05 bits per heavy atom. The summed E-state index contributed by atoms with van der Waals surface area (Å²) in [5.74, 6) is -4.79. The van der Waals surface area contributed by atoms with Crippen molar-refractivity contribution in [3.8, 4) is 0 Å². The fourth-order valence-electron chi connectivity index (χ4n) is 2.38. The van der Waals surface area contributed by atoms with Crippen LogP contribution in [0.1, 0.15) is 21.6 Å². The van der Waals surface area contributed by atoms with Gasteiger partial charge in [-0.2, -0.15) is 5.10 Å². The van der Waals surface area contributed by atoms with E-state index in [1.54, 1.807) is 0 Å². The summed E-state index contributed by atoms with van der Waals surface area (Å²) in [4.78, 5) is 13.6. The van der Waals surface area contributed by atoms with Gasteiger partial charge in [0.1, 0.15) is 5.82 Å². The van der Waals surface area contributed by atoms with E-state index in [2.05, 4.69) is 10.2 Å². The van der Waals surface area contributed by atoms with Crippen molar-refractivity contribution in [2.75, 3.05) is 12.3 Å².